The van der Waals surface area contributed by atoms with E-state index in [2.05, 4.69) is 5.10 Å². The number of aromatic nitrogens is 2. The minimum atomic E-state index is -4.65. The van der Waals surface area contributed by atoms with Crippen molar-refractivity contribution in [2.75, 3.05) is 0 Å². The minimum absolute atomic E-state index is 0.145. The lowest BCUT2D eigenvalue weighted by Gasteiger charge is -2.10. The van der Waals surface area contributed by atoms with Gasteiger partial charge in [-0.2, -0.15) is 9.78 Å². The third-order valence-corrected chi connectivity index (χ3v) is 2.24. The second kappa shape index (κ2) is 2.98. The summed E-state index contributed by atoms with van der Waals surface area (Å²) in [6, 6.07) is 0. The molecule has 1 aliphatic carbocycles. The van der Waals surface area contributed by atoms with Crippen LogP contribution in [0.3, 0.4) is 0 Å². The van der Waals surface area contributed by atoms with E-state index in [1.807, 2.05) is 0 Å². The molecule has 7 heteroatoms. The fourth-order valence-electron chi connectivity index (χ4n) is 1.47. The summed E-state index contributed by atoms with van der Waals surface area (Å²) in [5, 5.41) is 11.8. The molecule has 4 nitrogen and oxygen atoms in total. The molecule has 0 radical (unpaired) electrons. The van der Waals surface area contributed by atoms with Crippen molar-refractivity contribution in [1.82, 2.24) is 9.78 Å². The van der Waals surface area contributed by atoms with Crippen LogP contribution in [0.25, 0.3) is 0 Å². The number of hydrogen-bond acceptors (Lipinski definition) is 2. The van der Waals surface area contributed by atoms with Crippen LogP contribution < -0.4 is 0 Å². The van der Waals surface area contributed by atoms with E-state index in [1.165, 1.54) is 0 Å². The summed E-state index contributed by atoms with van der Waals surface area (Å²) in [6.07, 6.45) is -2.72. The molecule has 0 unspecified atom stereocenters. The van der Waals surface area contributed by atoms with Gasteiger partial charge in [-0.3, -0.25) is 0 Å². The summed E-state index contributed by atoms with van der Waals surface area (Å²) in [6.45, 7) is 0. The van der Waals surface area contributed by atoms with Crippen molar-refractivity contribution in [3.8, 4) is 0 Å². The van der Waals surface area contributed by atoms with Crippen LogP contribution in [0.15, 0.2) is 6.20 Å². The van der Waals surface area contributed by atoms with Gasteiger partial charge < -0.3 is 5.11 Å². The Morgan fingerprint density at radius 2 is 2.13 bits per heavy atom. The number of carboxylic acids is 1. The van der Waals surface area contributed by atoms with Crippen molar-refractivity contribution in [2.24, 2.45) is 0 Å². The van der Waals surface area contributed by atoms with Crippen LogP contribution in [-0.2, 0) is 6.30 Å². The number of halogens is 3. The highest BCUT2D eigenvalue weighted by atomic mass is 19.4. The molecular weight excluding hydrogens is 213 g/mol. The number of alkyl halides is 3. The molecule has 1 fully saturated rings. The molecular formula is C8H7F3N2O2. The van der Waals surface area contributed by atoms with Gasteiger partial charge in [0.2, 0.25) is 0 Å². The number of rotatable bonds is 2. The van der Waals surface area contributed by atoms with E-state index < -0.39 is 12.3 Å². The predicted octanol–water partition coefficient (Wildman–Crippen LogP) is 1.94. The maximum absolute atomic E-state index is 12.4. The van der Waals surface area contributed by atoms with Gasteiger partial charge in [-0.15, -0.1) is 13.2 Å². The fraction of sp³-hybridized carbons (Fsp3) is 0.500. The van der Waals surface area contributed by atoms with E-state index in [9.17, 15) is 18.0 Å². The first-order chi connectivity index (χ1) is 6.91. The number of aromatic carboxylic acids is 1. The summed E-state index contributed by atoms with van der Waals surface area (Å²) in [7, 11) is 0. The molecule has 0 spiro atoms. The summed E-state index contributed by atoms with van der Waals surface area (Å²) < 4.78 is 37.1. The van der Waals surface area contributed by atoms with Gasteiger partial charge in [0.15, 0.2) is 0 Å². The zero-order chi connectivity index (χ0) is 11.2. The Kier molecular flexibility index (Phi) is 1.99. The molecule has 1 N–H and O–H groups in total. The van der Waals surface area contributed by atoms with Crippen LogP contribution in [0.2, 0.25) is 0 Å². The van der Waals surface area contributed by atoms with Crippen molar-refractivity contribution >= 4 is 5.97 Å². The molecule has 0 atom stereocenters. The quantitative estimate of drug-likeness (QED) is 0.828. The third kappa shape index (κ3) is 1.69. The highest BCUT2D eigenvalue weighted by Gasteiger charge is 2.41. The number of carbonyl (C=O) groups is 1. The Bertz CT molecular complexity index is 407. The zero-order valence-corrected chi connectivity index (χ0v) is 7.45. The molecule has 82 valence electrons. The van der Waals surface area contributed by atoms with Gasteiger partial charge in [0, 0.05) is 5.92 Å². The maximum Gasteiger partial charge on any atom is 0.504 e. The Hall–Kier alpha value is -1.53. The van der Waals surface area contributed by atoms with E-state index in [4.69, 9.17) is 5.11 Å². The number of nitrogens with zero attached hydrogens (tertiary/aromatic N) is 2. The first kappa shape index (κ1) is 10.0. The van der Waals surface area contributed by atoms with E-state index in [-0.39, 0.29) is 21.9 Å². The molecule has 1 aliphatic rings. The Morgan fingerprint density at radius 1 is 1.53 bits per heavy atom. The van der Waals surface area contributed by atoms with Crippen molar-refractivity contribution in [2.45, 2.75) is 25.1 Å². The molecule has 1 aromatic heterocycles. The zero-order valence-electron chi connectivity index (χ0n) is 7.45. The standard InChI is InChI=1S/C8H7F3N2O2/c9-8(10,11)13-6(4-1-2-4)5(3-12-13)7(14)15/h3-4H,1-2H2,(H,14,15). The first-order valence-corrected chi connectivity index (χ1v) is 4.29. The minimum Gasteiger partial charge on any atom is -0.478 e. The SMILES string of the molecule is O=C(O)c1cnn(C(F)(F)F)c1C1CC1. The van der Waals surface area contributed by atoms with Crippen molar-refractivity contribution in [3.63, 3.8) is 0 Å². The van der Waals surface area contributed by atoms with Gasteiger partial charge in [-0.1, -0.05) is 0 Å². The smallest absolute Gasteiger partial charge is 0.478 e. The van der Waals surface area contributed by atoms with E-state index in [0.717, 1.165) is 6.20 Å². The van der Waals surface area contributed by atoms with Gasteiger partial charge in [-0.25, -0.2) is 4.79 Å². The molecule has 1 aromatic rings. The average Bonchev–Trinajstić information content (AvgIpc) is 2.81. The van der Waals surface area contributed by atoms with Crippen molar-refractivity contribution < 1.29 is 23.1 Å². The average molecular weight is 220 g/mol. The topological polar surface area (TPSA) is 55.1 Å². The normalized spacial score (nSPS) is 16.7. The van der Waals surface area contributed by atoms with E-state index in [1.54, 1.807) is 0 Å². The van der Waals surface area contributed by atoms with Gasteiger partial charge in [0.1, 0.15) is 5.56 Å². The third-order valence-electron chi connectivity index (χ3n) is 2.24. The van der Waals surface area contributed by atoms with Gasteiger partial charge in [0.05, 0.1) is 11.9 Å². The van der Waals surface area contributed by atoms with Crippen LogP contribution >= 0.6 is 0 Å². The molecule has 0 bridgehead atoms. The lowest BCUT2D eigenvalue weighted by Crippen LogP contribution is -2.21. The van der Waals surface area contributed by atoms with E-state index >= 15 is 0 Å². The van der Waals surface area contributed by atoms with Gasteiger partial charge in [-0.05, 0) is 12.8 Å². The Labute approximate surface area is 82.3 Å². The molecule has 2 rings (SSSR count). The molecule has 0 aliphatic heterocycles. The second-order valence-electron chi connectivity index (χ2n) is 3.40. The van der Waals surface area contributed by atoms with Gasteiger partial charge >= 0.3 is 12.3 Å². The number of hydrogen-bond donors (Lipinski definition) is 1. The lowest BCUT2D eigenvalue weighted by molar-refractivity contribution is -0.213. The molecule has 15 heavy (non-hydrogen) atoms. The van der Waals surface area contributed by atoms with Crippen LogP contribution in [-0.4, -0.2) is 20.9 Å². The van der Waals surface area contributed by atoms with Crippen LogP contribution in [0.1, 0.15) is 34.8 Å². The van der Waals surface area contributed by atoms with Crippen LogP contribution in [0.4, 0.5) is 13.2 Å². The summed E-state index contributed by atoms with van der Waals surface area (Å²) >= 11 is 0. The largest absolute Gasteiger partial charge is 0.504 e. The van der Waals surface area contributed by atoms with Gasteiger partial charge in [0.25, 0.3) is 0 Å². The summed E-state index contributed by atoms with van der Waals surface area (Å²) in [5.41, 5.74) is -0.579. The van der Waals surface area contributed by atoms with Crippen molar-refractivity contribution in [1.29, 1.82) is 0 Å². The highest BCUT2D eigenvalue weighted by molar-refractivity contribution is 5.89. The molecule has 0 aromatic carbocycles. The summed E-state index contributed by atoms with van der Waals surface area (Å²) in [5.74, 6) is -1.69. The Balaban J connectivity index is 2.52. The predicted molar refractivity (Wildman–Crippen MR) is 42.5 cm³/mol. The van der Waals surface area contributed by atoms with Crippen LogP contribution in [0.5, 0.6) is 0 Å². The maximum atomic E-state index is 12.4. The molecule has 1 saturated carbocycles. The highest BCUT2D eigenvalue weighted by Crippen LogP contribution is 2.43. The summed E-state index contributed by atoms with van der Waals surface area (Å²) in [4.78, 5) is 10.7. The lowest BCUT2D eigenvalue weighted by atomic mass is 10.2. The molecule has 1 heterocycles. The fourth-order valence-corrected chi connectivity index (χ4v) is 1.47. The molecule has 0 saturated heterocycles. The monoisotopic (exact) mass is 220 g/mol. The van der Waals surface area contributed by atoms with Crippen molar-refractivity contribution in [3.05, 3.63) is 17.5 Å². The first-order valence-electron chi connectivity index (χ1n) is 4.29. The van der Waals surface area contributed by atoms with E-state index in [0.29, 0.717) is 12.8 Å². The molecule has 0 amide bonds. The number of carboxylic acid groups (broad SMARTS) is 1. The second-order valence-corrected chi connectivity index (χ2v) is 3.40. The van der Waals surface area contributed by atoms with Crippen LogP contribution in [0, 0.1) is 0 Å². The Morgan fingerprint density at radius 3 is 2.53 bits per heavy atom.